The molecule has 0 saturated carbocycles. The summed E-state index contributed by atoms with van der Waals surface area (Å²) >= 11 is 0. The number of rotatable bonds is 4. The van der Waals surface area contributed by atoms with E-state index in [2.05, 4.69) is 46.0 Å². The van der Waals surface area contributed by atoms with Gasteiger partial charge in [0.05, 0.1) is 6.61 Å². The van der Waals surface area contributed by atoms with Crippen LogP contribution in [0, 0.1) is 6.92 Å². The molecule has 1 heterocycles. The fraction of sp³-hybridized carbons (Fsp3) is 0.409. The van der Waals surface area contributed by atoms with Crippen LogP contribution in [0.15, 0.2) is 34.9 Å². The van der Waals surface area contributed by atoms with E-state index in [1.807, 2.05) is 19.1 Å². The van der Waals surface area contributed by atoms with Crippen LogP contribution in [0.25, 0.3) is 21.7 Å². The minimum atomic E-state index is -2.11. The van der Waals surface area contributed by atoms with Gasteiger partial charge in [-0.25, -0.2) is 4.79 Å². The molecular formula is C22H28O4Si. The third-order valence-corrected chi connectivity index (χ3v) is 9.93. The second-order valence-electron chi connectivity index (χ2n) is 8.44. The van der Waals surface area contributed by atoms with Crippen LogP contribution >= 0.6 is 0 Å². The van der Waals surface area contributed by atoms with E-state index in [4.69, 9.17) is 13.6 Å². The Bertz CT molecular complexity index is 1010. The molecule has 0 aliphatic carbocycles. The minimum absolute atomic E-state index is 0.0435. The zero-order valence-electron chi connectivity index (χ0n) is 17.2. The highest BCUT2D eigenvalue weighted by atomic mass is 28.4. The topological polar surface area (TPSA) is 48.7 Å². The largest absolute Gasteiger partial charge is 0.541 e. The van der Waals surface area contributed by atoms with Gasteiger partial charge in [-0.15, -0.1) is 0 Å². The second kappa shape index (κ2) is 6.71. The summed E-state index contributed by atoms with van der Waals surface area (Å²) in [5.74, 6) is 0.362. The maximum Gasteiger partial charge on any atom is 0.342 e. The van der Waals surface area contributed by atoms with Gasteiger partial charge in [0.15, 0.2) is 11.3 Å². The molecule has 3 rings (SSSR count). The van der Waals surface area contributed by atoms with Gasteiger partial charge in [-0.05, 0) is 42.9 Å². The number of hydrogen-bond donors (Lipinski definition) is 0. The zero-order chi connectivity index (χ0) is 20.0. The van der Waals surface area contributed by atoms with Gasteiger partial charge in [0.2, 0.25) is 0 Å². The molecule has 0 N–H and O–H groups in total. The third kappa shape index (κ3) is 3.25. The Morgan fingerprint density at radius 3 is 2.37 bits per heavy atom. The highest BCUT2D eigenvalue weighted by Crippen LogP contribution is 2.45. The van der Waals surface area contributed by atoms with Crippen molar-refractivity contribution in [3.05, 3.63) is 41.7 Å². The van der Waals surface area contributed by atoms with Crippen LogP contribution in [0.1, 0.15) is 43.6 Å². The van der Waals surface area contributed by atoms with Gasteiger partial charge in [-0.1, -0.05) is 45.0 Å². The first kappa shape index (κ1) is 19.5. The number of benzene rings is 2. The molecule has 0 aliphatic rings. The van der Waals surface area contributed by atoms with E-state index in [-0.39, 0.29) is 11.0 Å². The minimum Gasteiger partial charge on any atom is -0.541 e. The molecule has 0 radical (unpaired) electrons. The van der Waals surface area contributed by atoms with Crippen LogP contribution < -0.4 is 4.43 Å². The van der Waals surface area contributed by atoms with Crippen LogP contribution in [0.3, 0.4) is 0 Å². The lowest BCUT2D eigenvalue weighted by molar-refractivity contribution is 0.0527. The molecule has 3 aromatic rings. The zero-order valence-corrected chi connectivity index (χ0v) is 18.2. The Balaban J connectivity index is 2.34. The molecule has 4 nitrogen and oxygen atoms in total. The molecule has 5 heteroatoms. The van der Waals surface area contributed by atoms with Crippen molar-refractivity contribution >= 4 is 36.0 Å². The molecular weight excluding hydrogens is 356 g/mol. The Morgan fingerprint density at radius 1 is 1.15 bits per heavy atom. The summed E-state index contributed by atoms with van der Waals surface area (Å²) in [5.41, 5.74) is 2.08. The molecule has 27 heavy (non-hydrogen) atoms. The summed E-state index contributed by atoms with van der Waals surface area (Å²) in [6.07, 6.45) is 1.49. The summed E-state index contributed by atoms with van der Waals surface area (Å²) in [6, 6.07) is 8.12. The van der Waals surface area contributed by atoms with Gasteiger partial charge in [-0.2, -0.15) is 0 Å². The molecule has 1 aromatic heterocycles. The van der Waals surface area contributed by atoms with Crippen LogP contribution in [-0.4, -0.2) is 20.9 Å². The highest BCUT2D eigenvalue weighted by molar-refractivity contribution is 6.75. The van der Waals surface area contributed by atoms with Crippen molar-refractivity contribution < 1.29 is 18.4 Å². The molecule has 0 unspecified atom stereocenters. The van der Waals surface area contributed by atoms with Crippen LogP contribution in [-0.2, 0) is 4.74 Å². The predicted octanol–water partition coefficient (Wildman–Crippen LogP) is 6.46. The van der Waals surface area contributed by atoms with Crippen molar-refractivity contribution in [1.82, 2.24) is 0 Å². The average Bonchev–Trinajstić information content (AvgIpc) is 3.03. The number of esters is 1. The molecule has 0 amide bonds. The van der Waals surface area contributed by atoms with E-state index >= 15 is 0 Å². The van der Waals surface area contributed by atoms with Gasteiger partial charge in [0.1, 0.15) is 11.8 Å². The summed E-state index contributed by atoms with van der Waals surface area (Å²) < 4.78 is 17.8. The van der Waals surface area contributed by atoms with Crippen LogP contribution in [0.4, 0.5) is 0 Å². The maximum absolute atomic E-state index is 12.4. The van der Waals surface area contributed by atoms with Gasteiger partial charge in [0.25, 0.3) is 8.32 Å². The summed E-state index contributed by atoms with van der Waals surface area (Å²) in [4.78, 5) is 12.4. The van der Waals surface area contributed by atoms with Gasteiger partial charge < -0.3 is 13.6 Å². The van der Waals surface area contributed by atoms with E-state index < -0.39 is 8.32 Å². The van der Waals surface area contributed by atoms with Gasteiger partial charge in [0, 0.05) is 10.8 Å². The fourth-order valence-corrected chi connectivity index (χ4v) is 4.05. The molecule has 0 bridgehead atoms. The van der Waals surface area contributed by atoms with Crippen LogP contribution in [0.2, 0.25) is 18.1 Å². The molecule has 144 valence electrons. The molecule has 0 aliphatic heterocycles. The molecule has 0 spiro atoms. The van der Waals surface area contributed by atoms with Crippen molar-refractivity contribution in [2.75, 3.05) is 6.61 Å². The molecule has 0 atom stereocenters. The quantitative estimate of drug-likeness (QED) is 0.383. The fourth-order valence-electron chi connectivity index (χ4n) is 3.03. The van der Waals surface area contributed by atoms with E-state index in [1.165, 1.54) is 6.26 Å². The number of carbonyl (C=O) groups is 1. The number of fused-ring (bicyclic) bond motifs is 2. The van der Waals surface area contributed by atoms with Crippen molar-refractivity contribution in [3.63, 3.8) is 0 Å². The molecule has 2 aromatic carbocycles. The Morgan fingerprint density at radius 2 is 1.78 bits per heavy atom. The Labute approximate surface area is 161 Å². The van der Waals surface area contributed by atoms with E-state index in [9.17, 15) is 4.79 Å². The average molecular weight is 385 g/mol. The Kier molecular flexibility index (Phi) is 4.85. The SMILES string of the molecule is CCOC(=O)c1coc2c(O[Si](C)(C)C(C)(C)C)c3ccccc3c(C)c12. The first-order valence-corrected chi connectivity index (χ1v) is 12.3. The first-order valence-electron chi connectivity index (χ1n) is 9.37. The number of hydrogen-bond acceptors (Lipinski definition) is 4. The van der Waals surface area contributed by atoms with Crippen molar-refractivity contribution in [3.8, 4) is 5.75 Å². The van der Waals surface area contributed by atoms with Crippen molar-refractivity contribution in [2.45, 2.75) is 52.8 Å². The Hall–Kier alpha value is -2.27. The maximum atomic E-state index is 12.4. The monoisotopic (exact) mass is 384 g/mol. The first-order chi connectivity index (χ1) is 12.6. The normalized spacial score (nSPS) is 12.6. The summed E-state index contributed by atoms with van der Waals surface area (Å²) in [6.45, 7) is 15.2. The molecule has 0 fully saturated rings. The highest BCUT2D eigenvalue weighted by Gasteiger charge is 2.40. The lowest BCUT2D eigenvalue weighted by Crippen LogP contribution is -2.43. The van der Waals surface area contributed by atoms with Crippen molar-refractivity contribution in [2.24, 2.45) is 0 Å². The molecule has 0 saturated heterocycles. The number of aryl methyl sites for hydroxylation is 1. The third-order valence-electron chi connectivity index (χ3n) is 5.61. The summed E-state index contributed by atoms with van der Waals surface area (Å²) in [7, 11) is -2.11. The van der Waals surface area contributed by atoms with E-state index in [0.29, 0.717) is 17.8 Å². The standard InChI is InChI=1S/C22H28O4Si/c1-8-24-21(23)17-13-25-20-18(17)14(2)15-11-9-10-12-16(15)19(20)26-27(6,7)22(3,4)5/h9-13H,8H2,1-7H3. The second-order valence-corrected chi connectivity index (χ2v) is 13.2. The van der Waals surface area contributed by atoms with E-state index in [1.54, 1.807) is 6.92 Å². The number of ether oxygens (including phenoxy) is 1. The van der Waals surface area contributed by atoms with Crippen molar-refractivity contribution in [1.29, 1.82) is 0 Å². The lowest BCUT2D eigenvalue weighted by atomic mass is 9.98. The smallest absolute Gasteiger partial charge is 0.342 e. The predicted molar refractivity (Wildman–Crippen MR) is 112 cm³/mol. The van der Waals surface area contributed by atoms with Crippen LogP contribution in [0.5, 0.6) is 5.75 Å². The van der Waals surface area contributed by atoms with Gasteiger partial charge in [-0.3, -0.25) is 0 Å². The summed E-state index contributed by atoms with van der Waals surface area (Å²) in [5, 5.41) is 2.89. The van der Waals surface area contributed by atoms with E-state index in [0.717, 1.165) is 27.5 Å². The number of carbonyl (C=O) groups excluding carboxylic acids is 1. The van der Waals surface area contributed by atoms with Gasteiger partial charge >= 0.3 is 5.97 Å². The number of furan rings is 1. The lowest BCUT2D eigenvalue weighted by Gasteiger charge is -2.36.